The molecule has 2 heterocycles. The molecule has 0 atom stereocenters. The maximum atomic E-state index is 4.45. The molecule has 4 nitrogen and oxygen atoms in total. The molecule has 0 spiro atoms. The highest BCUT2D eigenvalue weighted by Crippen LogP contribution is 2.25. The van der Waals surface area contributed by atoms with E-state index in [0.29, 0.717) is 0 Å². The van der Waals surface area contributed by atoms with Gasteiger partial charge in [-0.15, -0.1) is 0 Å². The standard InChI is InChI=1S/C12H16N4/c1-9-3-2-4-10-11(9)14-15-12(10)16-7-5-13-6-8-16/h2-4,13H,5-8H2,1H3,(H,14,15). The van der Waals surface area contributed by atoms with Crippen LogP contribution in [0.5, 0.6) is 0 Å². The third kappa shape index (κ3) is 1.46. The highest BCUT2D eigenvalue weighted by atomic mass is 15.3. The summed E-state index contributed by atoms with van der Waals surface area (Å²) in [7, 11) is 0. The molecule has 84 valence electrons. The lowest BCUT2D eigenvalue weighted by Crippen LogP contribution is -2.43. The minimum absolute atomic E-state index is 1.04. The molecule has 0 aliphatic carbocycles. The average Bonchev–Trinajstić information content (AvgIpc) is 2.75. The Kier molecular flexibility index (Phi) is 2.29. The van der Waals surface area contributed by atoms with E-state index in [2.05, 4.69) is 45.5 Å². The second kappa shape index (κ2) is 3.79. The van der Waals surface area contributed by atoms with Crippen molar-refractivity contribution in [2.24, 2.45) is 0 Å². The Labute approximate surface area is 94.6 Å². The number of anilines is 1. The topological polar surface area (TPSA) is 44.0 Å². The van der Waals surface area contributed by atoms with Crippen LogP contribution in [-0.2, 0) is 0 Å². The number of piperazine rings is 1. The zero-order valence-electron chi connectivity index (χ0n) is 9.45. The third-order valence-electron chi connectivity index (χ3n) is 3.20. The third-order valence-corrected chi connectivity index (χ3v) is 3.20. The Balaban J connectivity index is 2.06. The molecule has 2 N–H and O–H groups in total. The van der Waals surface area contributed by atoms with Crippen LogP contribution in [0.4, 0.5) is 5.82 Å². The number of benzene rings is 1. The van der Waals surface area contributed by atoms with Crippen LogP contribution in [0.25, 0.3) is 10.9 Å². The first-order valence-corrected chi connectivity index (χ1v) is 5.75. The number of fused-ring (bicyclic) bond motifs is 1. The van der Waals surface area contributed by atoms with Crippen LogP contribution in [0, 0.1) is 6.92 Å². The molecule has 3 rings (SSSR count). The number of hydrogen-bond donors (Lipinski definition) is 2. The Morgan fingerprint density at radius 1 is 1.25 bits per heavy atom. The fourth-order valence-electron chi connectivity index (χ4n) is 2.29. The van der Waals surface area contributed by atoms with Crippen molar-refractivity contribution in [2.45, 2.75) is 6.92 Å². The summed E-state index contributed by atoms with van der Waals surface area (Å²) in [5, 5.41) is 12.2. The number of H-pyrrole nitrogens is 1. The van der Waals surface area contributed by atoms with Gasteiger partial charge in [-0.1, -0.05) is 12.1 Å². The van der Waals surface area contributed by atoms with E-state index in [-0.39, 0.29) is 0 Å². The first kappa shape index (κ1) is 9.66. The highest BCUT2D eigenvalue weighted by molar-refractivity contribution is 5.92. The second-order valence-corrected chi connectivity index (χ2v) is 4.28. The molecule has 0 saturated carbocycles. The molecule has 0 amide bonds. The SMILES string of the molecule is Cc1cccc2c(N3CCNCC3)n[nH]c12. The second-order valence-electron chi connectivity index (χ2n) is 4.28. The maximum absolute atomic E-state index is 4.45. The number of hydrogen-bond acceptors (Lipinski definition) is 3. The van der Waals surface area contributed by atoms with Crippen molar-refractivity contribution >= 4 is 16.7 Å². The Hall–Kier alpha value is -1.55. The quantitative estimate of drug-likeness (QED) is 0.754. The predicted molar refractivity (Wildman–Crippen MR) is 65.9 cm³/mol. The van der Waals surface area contributed by atoms with Gasteiger partial charge in [0.15, 0.2) is 5.82 Å². The van der Waals surface area contributed by atoms with Gasteiger partial charge in [0.2, 0.25) is 0 Å². The number of aromatic nitrogens is 2. The molecular formula is C12H16N4. The largest absolute Gasteiger partial charge is 0.352 e. The van der Waals surface area contributed by atoms with E-state index in [1.54, 1.807) is 0 Å². The van der Waals surface area contributed by atoms with Crippen molar-refractivity contribution < 1.29 is 0 Å². The van der Waals surface area contributed by atoms with Crippen LogP contribution >= 0.6 is 0 Å². The van der Waals surface area contributed by atoms with E-state index in [1.807, 2.05) is 0 Å². The number of para-hydroxylation sites is 1. The van der Waals surface area contributed by atoms with Crippen molar-refractivity contribution in [3.8, 4) is 0 Å². The van der Waals surface area contributed by atoms with Crippen LogP contribution < -0.4 is 10.2 Å². The maximum Gasteiger partial charge on any atom is 0.158 e. The zero-order chi connectivity index (χ0) is 11.0. The molecule has 0 bridgehead atoms. The van der Waals surface area contributed by atoms with Crippen molar-refractivity contribution in [2.75, 3.05) is 31.1 Å². The molecule has 2 aromatic rings. The lowest BCUT2D eigenvalue weighted by atomic mass is 10.1. The summed E-state index contributed by atoms with van der Waals surface area (Å²) in [4.78, 5) is 2.34. The summed E-state index contributed by atoms with van der Waals surface area (Å²) in [6, 6.07) is 6.35. The lowest BCUT2D eigenvalue weighted by molar-refractivity contribution is 0.585. The van der Waals surface area contributed by atoms with Gasteiger partial charge in [0.05, 0.1) is 5.52 Å². The molecule has 4 heteroatoms. The smallest absolute Gasteiger partial charge is 0.158 e. The summed E-state index contributed by atoms with van der Waals surface area (Å²) >= 11 is 0. The van der Waals surface area contributed by atoms with Gasteiger partial charge in [-0.2, -0.15) is 5.10 Å². The molecule has 1 aromatic heterocycles. The molecule has 1 saturated heterocycles. The molecule has 1 fully saturated rings. The van der Waals surface area contributed by atoms with Gasteiger partial charge in [0, 0.05) is 31.6 Å². The van der Waals surface area contributed by atoms with Gasteiger partial charge >= 0.3 is 0 Å². The normalized spacial score (nSPS) is 16.9. The Morgan fingerprint density at radius 3 is 2.88 bits per heavy atom. The molecule has 0 radical (unpaired) electrons. The number of nitrogens with one attached hydrogen (secondary N) is 2. The molecule has 1 aliphatic heterocycles. The van der Waals surface area contributed by atoms with Crippen LogP contribution in [0.1, 0.15) is 5.56 Å². The molecule has 1 aliphatic rings. The van der Waals surface area contributed by atoms with Gasteiger partial charge in [-0.3, -0.25) is 5.10 Å². The van der Waals surface area contributed by atoms with Crippen LogP contribution in [-0.4, -0.2) is 36.4 Å². The summed E-state index contributed by atoms with van der Waals surface area (Å²) in [6.45, 7) is 6.27. The summed E-state index contributed by atoms with van der Waals surface area (Å²) < 4.78 is 0. The van der Waals surface area contributed by atoms with E-state index in [4.69, 9.17) is 0 Å². The summed E-state index contributed by atoms with van der Waals surface area (Å²) in [5.74, 6) is 1.10. The fourth-order valence-corrected chi connectivity index (χ4v) is 2.29. The Morgan fingerprint density at radius 2 is 2.06 bits per heavy atom. The number of aryl methyl sites for hydroxylation is 1. The van der Waals surface area contributed by atoms with E-state index < -0.39 is 0 Å². The van der Waals surface area contributed by atoms with Gasteiger partial charge in [0.25, 0.3) is 0 Å². The fraction of sp³-hybridized carbons (Fsp3) is 0.417. The first-order valence-electron chi connectivity index (χ1n) is 5.75. The minimum atomic E-state index is 1.04. The lowest BCUT2D eigenvalue weighted by Gasteiger charge is -2.27. The summed E-state index contributed by atoms with van der Waals surface area (Å²) in [5.41, 5.74) is 2.42. The van der Waals surface area contributed by atoms with E-state index in [1.165, 1.54) is 10.9 Å². The molecule has 1 aromatic carbocycles. The molecule has 16 heavy (non-hydrogen) atoms. The van der Waals surface area contributed by atoms with E-state index in [9.17, 15) is 0 Å². The van der Waals surface area contributed by atoms with Gasteiger partial charge in [-0.05, 0) is 18.6 Å². The van der Waals surface area contributed by atoms with E-state index in [0.717, 1.165) is 37.5 Å². The van der Waals surface area contributed by atoms with Crippen LogP contribution in [0.3, 0.4) is 0 Å². The molecular weight excluding hydrogens is 200 g/mol. The van der Waals surface area contributed by atoms with Crippen LogP contribution in [0.2, 0.25) is 0 Å². The van der Waals surface area contributed by atoms with Crippen molar-refractivity contribution in [1.82, 2.24) is 15.5 Å². The van der Waals surface area contributed by atoms with Crippen LogP contribution in [0.15, 0.2) is 18.2 Å². The number of nitrogens with zero attached hydrogens (tertiary/aromatic N) is 2. The van der Waals surface area contributed by atoms with Gasteiger partial charge in [-0.25, -0.2) is 0 Å². The van der Waals surface area contributed by atoms with Crippen molar-refractivity contribution in [3.63, 3.8) is 0 Å². The monoisotopic (exact) mass is 216 g/mol. The van der Waals surface area contributed by atoms with Gasteiger partial charge in [0.1, 0.15) is 0 Å². The van der Waals surface area contributed by atoms with Crippen molar-refractivity contribution in [3.05, 3.63) is 23.8 Å². The predicted octanol–water partition coefficient (Wildman–Crippen LogP) is 1.28. The zero-order valence-corrected chi connectivity index (χ0v) is 9.45. The number of aromatic amines is 1. The average molecular weight is 216 g/mol. The Bertz CT molecular complexity index is 497. The van der Waals surface area contributed by atoms with Gasteiger partial charge < -0.3 is 10.2 Å². The minimum Gasteiger partial charge on any atom is -0.352 e. The van der Waals surface area contributed by atoms with Crippen molar-refractivity contribution in [1.29, 1.82) is 0 Å². The van der Waals surface area contributed by atoms with E-state index >= 15 is 0 Å². The number of rotatable bonds is 1. The molecule has 0 unspecified atom stereocenters. The summed E-state index contributed by atoms with van der Waals surface area (Å²) in [6.07, 6.45) is 0. The highest BCUT2D eigenvalue weighted by Gasteiger charge is 2.16. The first-order chi connectivity index (χ1) is 7.86.